The second-order valence-electron chi connectivity index (χ2n) is 6.30. The molecule has 0 saturated heterocycles. The van der Waals surface area contributed by atoms with Crippen LogP contribution in [0.25, 0.3) is 16.6 Å². The number of methoxy groups -OCH3 is 1. The molecule has 2 aromatic carbocycles. The molecule has 0 spiro atoms. The molecule has 0 aliphatic heterocycles. The van der Waals surface area contributed by atoms with Crippen LogP contribution in [0.3, 0.4) is 0 Å². The Hall–Kier alpha value is -3.20. The van der Waals surface area contributed by atoms with Gasteiger partial charge in [0.25, 0.3) is 11.5 Å². The molecule has 1 heterocycles. The minimum absolute atomic E-state index is 0.0548. The Bertz CT molecular complexity index is 1090. The number of nitrogens with zero attached hydrogens (tertiary/aromatic N) is 2. The Labute approximate surface area is 163 Å². The molecular weight excluding hydrogens is 387 g/mol. The zero-order valence-corrected chi connectivity index (χ0v) is 15.5. The summed E-state index contributed by atoms with van der Waals surface area (Å²) in [6.45, 7) is 0.962. The highest BCUT2D eigenvalue weighted by molar-refractivity contribution is 5.97. The summed E-state index contributed by atoms with van der Waals surface area (Å²) in [6, 6.07) is 8.83. The van der Waals surface area contributed by atoms with Crippen LogP contribution in [0.4, 0.5) is 13.2 Å². The Morgan fingerprint density at radius 1 is 1.21 bits per heavy atom. The van der Waals surface area contributed by atoms with E-state index in [4.69, 9.17) is 4.74 Å². The first kappa shape index (κ1) is 20.5. The van der Waals surface area contributed by atoms with Crippen LogP contribution in [0.2, 0.25) is 0 Å². The van der Waals surface area contributed by atoms with Crippen molar-refractivity contribution in [3.63, 3.8) is 0 Å². The summed E-state index contributed by atoms with van der Waals surface area (Å²) >= 11 is 0. The monoisotopic (exact) mass is 405 g/mol. The van der Waals surface area contributed by atoms with Crippen molar-refractivity contribution in [2.45, 2.75) is 12.6 Å². The Kier molecular flexibility index (Phi) is 5.97. The number of carbonyl (C=O) groups excluding carboxylic acids is 1. The summed E-state index contributed by atoms with van der Waals surface area (Å²) in [5, 5.41) is 2.93. The summed E-state index contributed by atoms with van der Waals surface area (Å²) in [4.78, 5) is 29.1. The van der Waals surface area contributed by atoms with Crippen LogP contribution in [-0.4, -0.2) is 35.7 Å². The van der Waals surface area contributed by atoms with Gasteiger partial charge in [-0.1, -0.05) is 6.07 Å². The van der Waals surface area contributed by atoms with Crippen molar-refractivity contribution < 1.29 is 22.7 Å². The summed E-state index contributed by atoms with van der Waals surface area (Å²) in [6.07, 6.45) is -2.70. The molecule has 0 radical (unpaired) electrons. The topological polar surface area (TPSA) is 73.2 Å². The number of rotatable bonds is 6. The Morgan fingerprint density at radius 2 is 2.00 bits per heavy atom. The van der Waals surface area contributed by atoms with E-state index in [-0.39, 0.29) is 22.5 Å². The highest BCUT2D eigenvalue weighted by Gasteiger charge is 2.30. The van der Waals surface area contributed by atoms with Crippen LogP contribution in [0.15, 0.2) is 53.6 Å². The number of halogens is 3. The fourth-order valence-electron chi connectivity index (χ4n) is 2.80. The van der Waals surface area contributed by atoms with Gasteiger partial charge >= 0.3 is 6.18 Å². The molecule has 0 saturated carbocycles. The van der Waals surface area contributed by atoms with Crippen LogP contribution >= 0.6 is 0 Å². The van der Waals surface area contributed by atoms with Crippen LogP contribution in [-0.2, 0) is 10.9 Å². The van der Waals surface area contributed by atoms with Gasteiger partial charge in [-0.3, -0.25) is 14.2 Å². The van der Waals surface area contributed by atoms with Gasteiger partial charge in [-0.25, -0.2) is 4.98 Å². The minimum Gasteiger partial charge on any atom is -0.385 e. The molecule has 152 valence electrons. The van der Waals surface area contributed by atoms with Crippen LogP contribution in [0.5, 0.6) is 0 Å². The SMILES string of the molecule is COCCCNC(=O)c1ccc2c(=O)n(-c3cccc(C(F)(F)F)c3)cnc2c1. The number of amides is 1. The molecule has 6 nitrogen and oxygen atoms in total. The normalized spacial score (nSPS) is 11.6. The number of nitrogens with one attached hydrogen (secondary N) is 1. The maximum atomic E-state index is 12.9. The molecule has 9 heteroatoms. The third kappa shape index (κ3) is 4.62. The summed E-state index contributed by atoms with van der Waals surface area (Å²) in [5.74, 6) is -0.313. The van der Waals surface area contributed by atoms with E-state index in [1.165, 1.54) is 30.3 Å². The van der Waals surface area contributed by atoms with Crippen molar-refractivity contribution >= 4 is 16.8 Å². The lowest BCUT2D eigenvalue weighted by Gasteiger charge is -2.11. The van der Waals surface area contributed by atoms with Crippen molar-refractivity contribution in [3.8, 4) is 5.69 Å². The number of hydrogen-bond donors (Lipinski definition) is 1. The third-order valence-corrected chi connectivity index (χ3v) is 4.28. The fraction of sp³-hybridized carbons (Fsp3) is 0.250. The smallest absolute Gasteiger partial charge is 0.385 e. The van der Waals surface area contributed by atoms with Gasteiger partial charge in [-0.15, -0.1) is 0 Å². The molecule has 0 aliphatic rings. The predicted molar refractivity (Wildman–Crippen MR) is 101 cm³/mol. The number of alkyl halides is 3. The molecule has 0 fully saturated rings. The molecular formula is C20H18F3N3O3. The van der Waals surface area contributed by atoms with E-state index in [0.717, 1.165) is 23.0 Å². The molecule has 0 bridgehead atoms. The molecule has 0 aliphatic carbocycles. The standard InChI is InChI=1S/C20H18F3N3O3/c1-29-9-3-8-24-18(27)13-6-7-16-17(10-13)25-12-26(19(16)28)15-5-2-4-14(11-15)20(21,22)23/h2,4-7,10-12H,3,8-9H2,1H3,(H,24,27). The van der Waals surface area contributed by atoms with Gasteiger partial charge in [-0.05, 0) is 42.8 Å². The molecule has 0 atom stereocenters. The number of ether oxygens (including phenoxy) is 1. The van der Waals surface area contributed by atoms with E-state index in [1.807, 2.05) is 0 Å². The van der Waals surface area contributed by atoms with E-state index in [0.29, 0.717) is 25.1 Å². The third-order valence-electron chi connectivity index (χ3n) is 4.28. The molecule has 29 heavy (non-hydrogen) atoms. The zero-order valence-electron chi connectivity index (χ0n) is 15.5. The molecule has 1 aromatic heterocycles. The second-order valence-corrected chi connectivity index (χ2v) is 6.30. The average Bonchev–Trinajstić information content (AvgIpc) is 2.70. The van der Waals surface area contributed by atoms with Gasteiger partial charge in [-0.2, -0.15) is 13.2 Å². The first-order chi connectivity index (χ1) is 13.8. The summed E-state index contributed by atoms with van der Waals surface area (Å²) in [5.41, 5.74) is -0.718. The van der Waals surface area contributed by atoms with Gasteiger partial charge in [0.15, 0.2) is 0 Å². The van der Waals surface area contributed by atoms with Gasteiger partial charge in [0.2, 0.25) is 0 Å². The maximum Gasteiger partial charge on any atom is 0.416 e. The number of aromatic nitrogens is 2. The summed E-state index contributed by atoms with van der Waals surface area (Å²) in [7, 11) is 1.57. The predicted octanol–water partition coefficient (Wildman–Crippen LogP) is 3.17. The lowest BCUT2D eigenvalue weighted by molar-refractivity contribution is -0.137. The van der Waals surface area contributed by atoms with E-state index in [1.54, 1.807) is 7.11 Å². The molecule has 1 N–H and O–H groups in total. The van der Waals surface area contributed by atoms with E-state index in [9.17, 15) is 22.8 Å². The van der Waals surface area contributed by atoms with Crippen molar-refractivity contribution in [1.82, 2.24) is 14.9 Å². The maximum absolute atomic E-state index is 12.9. The van der Waals surface area contributed by atoms with E-state index >= 15 is 0 Å². The Morgan fingerprint density at radius 3 is 2.72 bits per heavy atom. The quantitative estimate of drug-likeness (QED) is 0.640. The highest BCUT2D eigenvalue weighted by atomic mass is 19.4. The van der Waals surface area contributed by atoms with Crippen LogP contribution in [0, 0.1) is 0 Å². The van der Waals surface area contributed by atoms with Crippen molar-refractivity contribution in [1.29, 1.82) is 0 Å². The van der Waals surface area contributed by atoms with Crippen molar-refractivity contribution in [3.05, 3.63) is 70.3 Å². The van der Waals surface area contributed by atoms with Crippen LogP contribution < -0.4 is 10.9 Å². The summed E-state index contributed by atoms with van der Waals surface area (Å²) < 4.78 is 44.8. The van der Waals surface area contributed by atoms with Crippen molar-refractivity contribution in [2.75, 3.05) is 20.3 Å². The lowest BCUT2D eigenvalue weighted by Crippen LogP contribution is -2.25. The van der Waals surface area contributed by atoms with Crippen molar-refractivity contribution in [2.24, 2.45) is 0 Å². The number of hydrogen-bond acceptors (Lipinski definition) is 4. The van der Waals surface area contributed by atoms with Crippen LogP contribution in [0.1, 0.15) is 22.3 Å². The van der Waals surface area contributed by atoms with E-state index in [2.05, 4.69) is 10.3 Å². The fourth-order valence-corrected chi connectivity index (χ4v) is 2.80. The van der Waals surface area contributed by atoms with E-state index < -0.39 is 17.3 Å². The van der Waals surface area contributed by atoms with Gasteiger partial charge in [0, 0.05) is 25.8 Å². The molecule has 3 rings (SSSR count). The number of fused-ring (bicyclic) bond motifs is 1. The first-order valence-corrected chi connectivity index (χ1v) is 8.77. The lowest BCUT2D eigenvalue weighted by atomic mass is 10.1. The van der Waals surface area contributed by atoms with Gasteiger partial charge < -0.3 is 10.1 Å². The molecule has 1 amide bonds. The highest BCUT2D eigenvalue weighted by Crippen LogP contribution is 2.30. The van der Waals surface area contributed by atoms with Gasteiger partial charge in [0.05, 0.1) is 22.2 Å². The Balaban J connectivity index is 1.91. The minimum atomic E-state index is -4.52. The zero-order chi connectivity index (χ0) is 21.0. The second kappa shape index (κ2) is 8.44. The van der Waals surface area contributed by atoms with Gasteiger partial charge in [0.1, 0.15) is 6.33 Å². The number of benzene rings is 2. The average molecular weight is 405 g/mol. The molecule has 3 aromatic rings. The number of carbonyl (C=O) groups is 1. The largest absolute Gasteiger partial charge is 0.416 e. The first-order valence-electron chi connectivity index (χ1n) is 8.77. The molecule has 0 unspecified atom stereocenters.